The second kappa shape index (κ2) is 26.0. The van der Waals surface area contributed by atoms with Crippen molar-refractivity contribution < 1.29 is 54.0 Å². The molecular weight excluding hydrogens is 813 g/mol. The van der Waals surface area contributed by atoms with Crippen LogP contribution in [0, 0.1) is 0 Å². The highest BCUT2D eigenvalue weighted by molar-refractivity contribution is 5.97. The van der Waals surface area contributed by atoms with Gasteiger partial charge in [-0.15, -0.1) is 0 Å². The molecule has 348 valence electrons. The standard InChI is InChI=1S/C46H68N6O11/c1-6-7-8-9-10-11-12-13-14-15-16-17-18-19-39(56)50-36(27-53)43(59)47-28(2)41(57)49-30(4)45(61)52(5)40-32-21-23-38(55)34(26-32)33-24-31(20-22-37(33)54)25-35(46(62)63)51-42(58)29(3)48-44(40)60/h20-24,26,28-30,35-36,40,53-55H,6-19,25,27H2,1-5H3,(H,47,59)(H,48,60)(H,49,57)(H,50,56)(H,51,58)(H,62,63)/t28-,29+,30+,35+,36-,40+/m1/s1. The van der Waals surface area contributed by atoms with Gasteiger partial charge >= 0.3 is 5.97 Å². The average Bonchev–Trinajstić information content (AvgIpc) is 3.24. The fourth-order valence-electron chi connectivity index (χ4n) is 7.48. The first-order valence-electron chi connectivity index (χ1n) is 22.2. The van der Waals surface area contributed by atoms with Gasteiger partial charge in [0.05, 0.1) is 6.61 Å². The number of unbranched alkanes of at least 4 members (excludes halogenated alkanes) is 12. The lowest BCUT2D eigenvalue weighted by Crippen LogP contribution is -2.57. The van der Waals surface area contributed by atoms with E-state index in [1.54, 1.807) is 0 Å². The summed E-state index contributed by atoms with van der Waals surface area (Å²) in [4.78, 5) is 92.9. The third-order valence-electron chi connectivity index (χ3n) is 11.3. The number of carboxylic acid groups (broad SMARTS) is 1. The van der Waals surface area contributed by atoms with Crippen LogP contribution in [0.15, 0.2) is 36.4 Å². The van der Waals surface area contributed by atoms with Crippen LogP contribution in [-0.2, 0) is 40.0 Å². The molecule has 0 saturated carbocycles. The first-order chi connectivity index (χ1) is 30.0. The molecule has 17 heteroatoms. The zero-order valence-corrected chi connectivity index (χ0v) is 37.3. The van der Waals surface area contributed by atoms with Crippen molar-refractivity contribution in [1.82, 2.24) is 31.5 Å². The van der Waals surface area contributed by atoms with E-state index < -0.39 is 84.3 Å². The number of rotatable bonds is 23. The number of hydrogen-bond donors (Lipinski definition) is 9. The summed E-state index contributed by atoms with van der Waals surface area (Å²) in [6, 6.07) is 0.251. The number of benzene rings is 2. The van der Waals surface area contributed by atoms with Gasteiger partial charge in [0.2, 0.25) is 35.4 Å². The number of carbonyl (C=O) groups is 7. The topological polar surface area (TPSA) is 264 Å². The van der Waals surface area contributed by atoms with E-state index >= 15 is 0 Å². The molecule has 17 nitrogen and oxygen atoms in total. The minimum Gasteiger partial charge on any atom is -0.507 e. The molecule has 0 fully saturated rings. The lowest BCUT2D eigenvalue weighted by atomic mass is 9.93. The molecule has 1 heterocycles. The molecule has 0 spiro atoms. The van der Waals surface area contributed by atoms with E-state index in [0.717, 1.165) is 24.2 Å². The monoisotopic (exact) mass is 880 g/mol. The number of aliphatic hydroxyl groups is 1. The number of hydrogen-bond acceptors (Lipinski definition) is 10. The average molecular weight is 881 g/mol. The predicted molar refractivity (Wildman–Crippen MR) is 236 cm³/mol. The summed E-state index contributed by atoms with van der Waals surface area (Å²) in [5.41, 5.74) is 0.717. The number of nitrogens with zero attached hydrogens (tertiary/aromatic N) is 1. The number of aliphatic hydroxyl groups excluding tert-OH is 1. The van der Waals surface area contributed by atoms with Crippen molar-refractivity contribution in [3.05, 3.63) is 47.5 Å². The first kappa shape index (κ1) is 51.6. The lowest BCUT2D eigenvalue weighted by Gasteiger charge is -2.32. The second-order valence-electron chi connectivity index (χ2n) is 16.6. The number of phenolic OH excluding ortho intramolecular Hbond substituents is 2. The number of carbonyl (C=O) groups excluding carboxylic acids is 6. The van der Waals surface area contributed by atoms with E-state index in [2.05, 4.69) is 33.5 Å². The summed E-state index contributed by atoms with van der Waals surface area (Å²) in [5.74, 6) is -6.38. The summed E-state index contributed by atoms with van der Waals surface area (Å²) < 4.78 is 0. The number of nitrogens with one attached hydrogen (secondary N) is 5. The Morgan fingerprint density at radius 2 is 1.27 bits per heavy atom. The van der Waals surface area contributed by atoms with Crippen LogP contribution in [0.25, 0.3) is 11.1 Å². The van der Waals surface area contributed by atoms with Crippen LogP contribution in [-0.4, -0.2) is 111 Å². The quantitative estimate of drug-likeness (QED) is 0.0724. The molecule has 63 heavy (non-hydrogen) atoms. The molecule has 3 rings (SSSR count). The summed E-state index contributed by atoms with van der Waals surface area (Å²) in [6.45, 7) is 5.55. The number of fused-ring (bicyclic) bond motifs is 5. The van der Waals surface area contributed by atoms with Gasteiger partial charge in [0.25, 0.3) is 0 Å². The fraction of sp³-hybridized carbons (Fsp3) is 0.587. The molecule has 0 aliphatic carbocycles. The SMILES string of the molecule is CCCCCCCCCCCCCCCC(=O)N[C@H](CO)C(=O)N[C@H](C)C(=O)N[C@@H](C)C(=O)N(C)[C@@H]1C(=O)N[C@@H](C)C(=O)N[C@H](C(=O)O)Cc2ccc(O)c(c2)-c2cc1ccc2O. The van der Waals surface area contributed by atoms with Crippen molar-refractivity contribution in [1.29, 1.82) is 0 Å². The van der Waals surface area contributed by atoms with Crippen LogP contribution in [0.3, 0.4) is 0 Å². The first-order valence-corrected chi connectivity index (χ1v) is 22.2. The molecule has 9 N–H and O–H groups in total. The number of aliphatic carboxylic acids is 1. The molecule has 1 aliphatic heterocycles. The second-order valence-corrected chi connectivity index (χ2v) is 16.6. The highest BCUT2D eigenvalue weighted by atomic mass is 16.4. The molecule has 4 bridgehead atoms. The normalized spacial score (nSPS) is 17.8. The predicted octanol–water partition coefficient (Wildman–Crippen LogP) is 3.86. The number of amides is 6. The molecule has 0 saturated heterocycles. The van der Waals surface area contributed by atoms with Crippen LogP contribution in [0.5, 0.6) is 11.5 Å². The van der Waals surface area contributed by atoms with Crippen molar-refractivity contribution in [2.45, 2.75) is 160 Å². The molecule has 0 aromatic heterocycles. The largest absolute Gasteiger partial charge is 0.507 e. The van der Waals surface area contributed by atoms with Gasteiger partial charge in [-0.05, 0) is 62.6 Å². The summed E-state index contributed by atoms with van der Waals surface area (Å²) in [7, 11) is 1.28. The maximum atomic E-state index is 14.0. The zero-order valence-electron chi connectivity index (χ0n) is 37.3. The van der Waals surface area contributed by atoms with Gasteiger partial charge in [0.1, 0.15) is 47.8 Å². The van der Waals surface area contributed by atoms with E-state index in [-0.39, 0.29) is 41.0 Å². The van der Waals surface area contributed by atoms with Crippen molar-refractivity contribution in [3.63, 3.8) is 0 Å². The van der Waals surface area contributed by atoms with Crippen molar-refractivity contribution in [2.24, 2.45) is 0 Å². The van der Waals surface area contributed by atoms with Gasteiger partial charge in [0.15, 0.2) is 0 Å². The Hall–Kier alpha value is -5.71. The Bertz CT molecular complexity index is 1890. The maximum Gasteiger partial charge on any atom is 0.326 e. The van der Waals surface area contributed by atoms with Gasteiger partial charge in [-0.3, -0.25) is 28.8 Å². The smallest absolute Gasteiger partial charge is 0.326 e. The number of phenols is 2. The van der Waals surface area contributed by atoms with Gasteiger partial charge in [-0.1, -0.05) is 96.1 Å². The van der Waals surface area contributed by atoms with Crippen molar-refractivity contribution in [2.75, 3.05) is 13.7 Å². The van der Waals surface area contributed by atoms with Crippen LogP contribution in [0.1, 0.15) is 135 Å². The Morgan fingerprint density at radius 1 is 0.730 bits per heavy atom. The molecule has 1 aliphatic rings. The Kier molecular flexibility index (Phi) is 21.3. The van der Waals surface area contributed by atoms with Crippen molar-refractivity contribution >= 4 is 41.4 Å². The van der Waals surface area contributed by atoms with Gasteiger partial charge < -0.3 is 51.9 Å². The van der Waals surface area contributed by atoms with Gasteiger partial charge in [-0.2, -0.15) is 0 Å². The van der Waals surface area contributed by atoms with Crippen molar-refractivity contribution in [3.8, 4) is 22.6 Å². The van der Waals surface area contributed by atoms with Crippen LogP contribution >= 0.6 is 0 Å². The fourth-order valence-corrected chi connectivity index (χ4v) is 7.48. The highest BCUT2D eigenvalue weighted by Gasteiger charge is 2.35. The Balaban J connectivity index is 1.61. The van der Waals surface area contributed by atoms with E-state index in [4.69, 9.17) is 0 Å². The minimum absolute atomic E-state index is 0.0643. The third-order valence-corrected chi connectivity index (χ3v) is 11.3. The molecule has 2 aromatic rings. The number of likely N-dealkylation sites (N-methyl/N-ethyl adjacent to an activating group) is 1. The Morgan fingerprint density at radius 3 is 1.84 bits per heavy atom. The summed E-state index contributed by atoms with van der Waals surface area (Å²) >= 11 is 0. The number of carboxylic acids is 1. The molecule has 0 radical (unpaired) electrons. The van der Waals surface area contributed by atoms with Gasteiger partial charge in [0, 0.05) is 31.0 Å². The van der Waals surface area contributed by atoms with E-state index in [1.807, 2.05) is 0 Å². The summed E-state index contributed by atoms with van der Waals surface area (Å²) in [6.07, 6.45) is 15.1. The maximum absolute atomic E-state index is 14.0. The van der Waals surface area contributed by atoms with E-state index in [0.29, 0.717) is 12.0 Å². The molecular formula is C46H68N6O11. The zero-order chi connectivity index (χ0) is 46.6. The third kappa shape index (κ3) is 16.2. The highest BCUT2D eigenvalue weighted by Crippen LogP contribution is 2.38. The van der Waals surface area contributed by atoms with E-state index in [9.17, 15) is 54.0 Å². The molecule has 6 atom stereocenters. The van der Waals surface area contributed by atoms with Crippen LogP contribution in [0.4, 0.5) is 0 Å². The molecule has 0 unspecified atom stereocenters. The number of aromatic hydroxyl groups is 2. The van der Waals surface area contributed by atoms with Crippen LogP contribution in [0.2, 0.25) is 0 Å². The van der Waals surface area contributed by atoms with Crippen LogP contribution < -0.4 is 26.6 Å². The van der Waals surface area contributed by atoms with Gasteiger partial charge in [-0.25, -0.2) is 4.79 Å². The minimum atomic E-state index is -1.49. The lowest BCUT2D eigenvalue weighted by molar-refractivity contribution is -0.143. The molecule has 2 aromatic carbocycles. The molecule has 6 amide bonds. The summed E-state index contributed by atoms with van der Waals surface area (Å²) in [5, 5.41) is 53.8. The Labute approximate surface area is 370 Å². The van der Waals surface area contributed by atoms with E-state index in [1.165, 1.54) is 122 Å².